The van der Waals surface area contributed by atoms with Crippen LogP contribution in [-0.4, -0.2) is 48.6 Å². The molecule has 3 rings (SSSR count). The number of halogens is 2. The molecule has 1 heterocycles. The summed E-state index contributed by atoms with van der Waals surface area (Å²) < 4.78 is 1.000. The van der Waals surface area contributed by atoms with Crippen LogP contribution in [0, 0.1) is 0 Å². The molecule has 2 aliphatic rings. The van der Waals surface area contributed by atoms with E-state index >= 15 is 0 Å². The molecule has 1 saturated heterocycles. The third kappa shape index (κ3) is 4.20. The van der Waals surface area contributed by atoms with Crippen molar-refractivity contribution in [2.75, 3.05) is 32.7 Å². The van der Waals surface area contributed by atoms with Gasteiger partial charge in [-0.05, 0) is 37.0 Å². The number of piperazine rings is 1. The highest BCUT2D eigenvalue weighted by atomic mass is 79.9. The molecule has 0 spiro atoms. The van der Waals surface area contributed by atoms with Gasteiger partial charge in [-0.15, -0.1) is 0 Å². The average Bonchev–Trinajstić information content (AvgIpc) is 3.30. The van der Waals surface area contributed by atoms with Crippen LogP contribution < -0.4 is 5.73 Å². The van der Waals surface area contributed by atoms with Crippen LogP contribution in [-0.2, 0) is 0 Å². The number of benzene rings is 1. The zero-order valence-corrected chi connectivity index (χ0v) is 14.6. The fourth-order valence-electron chi connectivity index (χ4n) is 3.07. The van der Waals surface area contributed by atoms with E-state index < -0.39 is 0 Å². The van der Waals surface area contributed by atoms with Crippen molar-refractivity contribution < 1.29 is 0 Å². The molecular weight excluding hydrogens is 350 g/mol. The molecule has 1 aliphatic carbocycles. The first-order valence-electron chi connectivity index (χ1n) is 7.80. The van der Waals surface area contributed by atoms with Gasteiger partial charge in [0.2, 0.25) is 0 Å². The normalized spacial score (nSPS) is 22.4. The van der Waals surface area contributed by atoms with Crippen molar-refractivity contribution >= 4 is 27.5 Å². The molecule has 0 radical (unpaired) electrons. The molecule has 1 aromatic carbocycles. The Morgan fingerprint density at radius 2 is 1.95 bits per heavy atom. The van der Waals surface area contributed by atoms with E-state index in [1.165, 1.54) is 39.0 Å². The Morgan fingerprint density at radius 1 is 1.24 bits per heavy atom. The van der Waals surface area contributed by atoms with Gasteiger partial charge >= 0.3 is 0 Å². The third-order valence-electron chi connectivity index (χ3n) is 4.59. The quantitative estimate of drug-likeness (QED) is 0.861. The molecular formula is C16H23BrClN3. The van der Waals surface area contributed by atoms with Crippen molar-refractivity contribution in [3.63, 3.8) is 0 Å². The van der Waals surface area contributed by atoms with Gasteiger partial charge in [-0.2, -0.15) is 0 Å². The molecule has 1 atom stereocenters. The van der Waals surface area contributed by atoms with E-state index in [0.29, 0.717) is 0 Å². The van der Waals surface area contributed by atoms with Gasteiger partial charge < -0.3 is 10.6 Å². The van der Waals surface area contributed by atoms with Gasteiger partial charge in [-0.3, -0.25) is 4.90 Å². The van der Waals surface area contributed by atoms with Gasteiger partial charge in [-0.1, -0.05) is 33.6 Å². The summed E-state index contributed by atoms with van der Waals surface area (Å²) in [5, 5.41) is 0.760. The highest BCUT2D eigenvalue weighted by Gasteiger charge is 2.31. The molecule has 5 heteroatoms. The van der Waals surface area contributed by atoms with Gasteiger partial charge in [0.1, 0.15) is 0 Å². The molecule has 1 aliphatic heterocycles. The van der Waals surface area contributed by atoms with E-state index in [-0.39, 0.29) is 6.04 Å². The van der Waals surface area contributed by atoms with Crippen LogP contribution in [0.3, 0.4) is 0 Å². The van der Waals surface area contributed by atoms with Gasteiger partial charge in [-0.25, -0.2) is 0 Å². The molecule has 0 aromatic heterocycles. The predicted molar refractivity (Wildman–Crippen MR) is 91.7 cm³/mol. The number of nitrogens with two attached hydrogens (primary N) is 1. The van der Waals surface area contributed by atoms with Crippen LogP contribution in [0.4, 0.5) is 0 Å². The number of hydrogen-bond acceptors (Lipinski definition) is 3. The van der Waals surface area contributed by atoms with E-state index in [2.05, 4.69) is 25.7 Å². The summed E-state index contributed by atoms with van der Waals surface area (Å²) in [7, 11) is 0. The smallest absolute Gasteiger partial charge is 0.0464 e. The van der Waals surface area contributed by atoms with Crippen LogP contribution in [0.5, 0.6) is 0 Å². The summed E-state index contributed by atoms with van der Waals surface area (Å²) in [4.78, 5) is 5.17. The monoisotopic (exact) mass is 371 g/mol. The van der Waals surface area contributed by atoms with Gasteiger partial charge in [0.05, 0.1) is 0 Å². The second-order valence-corrected chi connectivity index (χ2v) is 7.49. The fourth-order valence-corrected chi connectivity index (χ4v) is 3.88. The zero-order chi connectivity index (χ0) is 14.8. The van der Waals surface area contributed by atoms with E-state index in [1.54, 1.807) is 0 Å². The van der Waals surface area contributed by atoms with Gasteiger partial charge in [0.25, 0.3) is 0 Å². The minimum Gasteiger partial charge on any atom is -0.324 e. The average molecular weight is 373 g/mol. The fraction of sp³-hybridized carbons (Fsp3) is 0.625. The number of rotatable bonds is 5. The lowest BCUT2D eigenvalue weighted by Crippen LogP contribution is -2.47. The second-order valence-electron chi connectivity index (χ2n) is 6.17. The zero-order valence-electron chi connectivity index (χ0n) is 12.3. The Morgan fingerprint density at radius 3 is 2.57 bits per heavy atom. The molecule has 2 N–H and O–H groups in total. The van der Waals surface area contributed by atoms with Crippen molar-refractivity contribution in [2.45, 2.75) is 31.3 Å². The third-order valence-corrected chi connectivity index (χ3v) is 5.41. The van der Waals surface area contributed by atoms with Crippen molar-refractivity contribution in [2.24, 2.45) is 5.73 Å². The molecule has 0 amide bonds. The van der Waals surface area contributed by atoms with Crippen LogP contribution in [0.25, 0.3) is 0 Å². The number of nitrogens with zero attached hydrogens (tertiary/aromatic N) is 2. The molecule has 116 valence electrons. The first-order chi connectivity index (χ1) is 10.1. The maximum Gasteiger partial charge on any atom is 0.0464 e. The first-order valence-corrected chi connectivity index (χ1v) is 8.97. The predicted octanol–water partition coefficient (Wildman–Crippen LogP) is 3.27. The van der Waals surface area contributed by atoms with Crippen LogP contribution in [0.2, 0.25) is 5.02 Å². The standard InChI is InChI=1S/C16H23BrClN3/c17-12-1-4-14(15(18)11-12)16(19)5-6-20-7-9-21(10-8-20)13-2-3-13/h1,4,11,13,16H,2-3,5-10,19H2. The lowest BCUT2D eigenvalue weighted by atomic mass is 10.0. The lowest BCUT2D eigenvalue weighted by Gasteiger charge is -2.35. The Labute approximate surface area is 140 Å². The van der Waals surface area contributed by atoms with Gasteiger partial charge in [0.15, 0.2) is 0 Å². The Hall–Kier alpha value is -0.130. The van der Waals surface area contributed by atoms with E-state index in [9.17, 15) is 0 Å². The largest absolute Gasteiger partial charge is 0.324 e. The van der Waals surface area contributed by atoms with E-state index in [0.717, 1.165) is 34.1 Å². The number of hydrogen-bond donors (Lipinski definition) is 1. The van der Waals surface area contributed by atoms with E-state index in [1.807, 2.05) is 18.2 Å². The van der Waals surface area contributed by atoms with Crippen LogP contribution >= 0.6 is 27.5 Å². The maximum atomic E-state index is 6.31. The molecule has 2 fully saturated rings. The topological polar surface area (TPSA) is 32.5 Å². The summed E-state index contributed by atoms with van der Waals surface area (Å²) in [6.45, 7) is 5.86. The molecule has 21 heavy (non-hydrogen) atoms. The lowest BCUT2D eigenvalue weighted by molar-refractivity contribution is 0.124. The van der Waals surface area contributed by atoms with Gasteiger partial charge in [0, 0.05) is 54.3 Å². The highest BCUT2D eigenvalue weighted by Crippen LogP contribution is 2.29. The van der Waals surface area contributed by atoms with E-state index in [4.69, 9.17) is 17.3 Å². The molecule has 1 saturated carbocycles. The molecule has 1 aromatic rings. The molecule has 0 bridgehead atoms. The van der Waals surface area contributed by atoms with Crippen molar-refractivity contribution in [3.05, 3.63) is 33.3 Å². The summed E-state index contributed by atoms with van der Waals surface area (Å²) >= 11 is 9.71. The Balaban J connectivity index is 1.46. The summed E-state index contributed by atoms with van der Waals surface area (Å²) in [5.74, 6) is 0. The first kappa shape index (κ1) is 15.8. The second kappa shape index (κ2) is 6.97. The summed E-state index contributed by atoms with van der Waals surface area (Å²) in [6, 6.07) is 6.88. The Bertz CT molecular complexity index is 484. The summed E-state index contributed by atoms with van der Waals surface area (Å²) in [5.41, 5.74) is 7.36. The maximum absolute atomic E-state index is 6.31. The van der Waals surface area contributed by atoms with Crippen molar-refractivity contribution in [3.8, 4) is 0 Å². The summed E-state index contributed by atoms with van der Waals surface area (Å²) in [6.07, 6.45) is 3.78. The SMILES string of the molecule is NC(CCN1CCN(C2CC2)CC1)c1ccc(Br)cc1Cl. The van der Waals surface area contributed by atoms with Crippen molar-refractivity contribution in [1.29, 1.82) is 0 Å². The van der Waals surface area contributed by atoms with Crippen LogP contribution in [0.15, 0.2) is 22.7 Å². The van der Waals surface area contributed by atoms with Crippen LogP contribution in [0.1, 0.15) is 30.9 Å². The van der Waals surface area contributed by atoms with Crippen molar-refractivity contribution in [1.82, 2.24) is 9.80 Å². The minimum absolute atomic E-state index is 0.0204. The Kier molecular flexibility index (Phi) is 5.23. The minimum atomic E-state index is 0.0204. The molecule has 3 nitrogen and oxygen atoms in total. The highest BCUT2D eigenvalue weighted by molar-refractivity contribution is 9.10. The molecule has 1 unspecified atom stereocenters.